The maximum absolute atomic E-state index is 11.4. The van der Waals surface area contributed by atoms with Crippen LogP contribution in [-0.4, -0.2) is 39.3 Å². The van der Waals surface area contributed by atoms with Crippen molar-refractivity contribution in [1.82, 2.24) is 0 Å². The molecule has 0 saturated heterocycles. The SMILES string of the molecule is O=C1CCc2ccc(O)cc2N1.[2H]C([2H])(Br)C([2H])([2H])C([2H])([2H])C([2H])([2H])Br.[2H]C([2H])(Br)C([2H])([2H])C([2H])([2H])C([2H])([2H])Oc1ccc2c(c1)NC(=O)CC2. The number of halogens is 3. The highest BCUT2D eigenvalue weighted by Gasteiger charge is 2.15. The van der Waals surface area contributed by atoms with Crippen molar-refractivity contribution in [3.8, 4) is 11.5 Å². The number of hydrogen-bond acceptors (Lipinski definition) is 4. The van der Waals surface area contributed by atoms with Gasteiger partial charge in [-0.3, -0.25) is 9.59 Å². The number of benzene rings is 2. The van der Waals surface area contributed by atoms with Crippen LogP contribution in [0.5, 0.6) is 11.5 Å². The van der Waals surface area contributed by atoms with Gasteiger partial charge in [0, 0.05) is 71.4 Å². The highest BCUT2D eigenvalue weighted by molar-refractivity contribution is 9.09. The molecule has 2 heterocycles. The molecule has 3 N–H and O–H groups in total. The van der Waals surface area contributed by atoms with Gasteiger partial charge in [-0.2, -0.15) is 0 Å². The number of anilines is 2. The van der Waals surface area contributed by atoms with Crippen molar-refractivity contribution < 1.29 is 41.4 Å². The van der Waals surface area contributed by atoms with E-state index in [0.717, 1.165) is 23.2 Å². The van der Waals surface area contributed by atoms with Crippen molar-refractivity contribution in [3.05, 3.63) is 47.5 Å². The van der Waals surface area contributed by atoms with Gasteiger partial charge in [-0.1, -0.05) is 59.9 Å². The fraction of sp³-hybridized carbons (Fsp3) is 0.462. The summed E-state index contributed by atoms with van der Waals surface area (Å²) in [6.07, 6.45) is -10.5. The van der Waals surface area contributed by atoms with E-state index in [4.69, 9.17) is 31.8 Å². The largest absolute Gasteiger partial charge is 0.508 e. The molecule has 35 heavy (non-hydrogen) atoms. The van der Waals surface area contributed by atoms with Crippen molar-refractivity contribution in [2.45, 2.75) is 51.2 Å². The molecule has 2 aliphatic rings. The lowest BCUT2D eigenvalue weighted by molar-refractivity contribution is -0.117. The lowest BCUT2D eigenvalue weighted by Crippen LogP contribution is -2.18. The lowest BCUT2D eigenvalue weighted by atomic mass is 10.0. The molecule has 192 valence electrons. The van der Waals surface area contributed by atoms with E-state index in [0.29, 0.717) is 24.9 Å². The molecule has 0 aliphatic carbocycles. The van der Waals surface area contributed by atoms with E-state index >= 15 is 0 Å². The van der Waals surface area contributed by atoms with Crippen LogP contribution in [0.1, 0.15) is 71.4 Å². The number of hydrogen-bond donors (Lipinski definition) is 3. The zero-order valence-electron chi connectivity index (χ0n) is 34.1. The number of carbonyl (C=O) groups excluding carboxylic acids is 2. The van der Waals surface area contributed by atoms with Crippen LogP contribution >= 0.6 is 47.8 Å². The first kappa shape index (κ1) is 13.8. The molecule has 0 bridgehead atoms. The third-order valence-electron chi connectivity index (χ3n) is 4.45. The molecule has 4 rings (SSSR count). The Hall–Kier alpha value is -1.58. The minimum atomic E-state index is -3.34. The summed E-state index contributed by atoms with van der Waals surface area (Å²) in [5, 5.41) is 6.27. The van der Waals surface area contributed by atoms with Crippen molar-refractivity contribution in [3.63, 3.8) is 0 Å². The van der Waals surface area contributed by atoms with Gasteiger partial charge >= 0.3 is 0 Å². The first-order chi connectivity index (χ1) is 22.7. The van der Waals surface area contributed by atoms with E-state index in [9.17, 15) is 9.59 Å². The summed E-state index contributed by atoms with van der Waals surface area (Å²) in [5.41, 5.74) is 3.07. The third-order valence-corrected chi connectivity index (χ3v) is 5.05. The van der Waals surface area contributed by atoms with Crippen LogP contribution in [0.3, 0.4) is 0 Å². The maximum atomic E-state index is 11.4. The molecule has 2 aromatic rings. The van der Waals surface area contributed by atoms with E-state index in [1.807, 2.05) is 6.07 Å². The molecule has 2 aromatic carbocycles. The number of aryl methyl sites for hydroxylation is 2. The van der Waals surface area contributed by atoms with Gasteiger partial charge in [0.2, 0.25) is 11.8 Å². The van der Waals surface area contributed by atoms with Crippen LogP contribution in [0.4, 0.5) is 11.4 Å². The zero-order chi connectivity index (χ0) is 39.8. The summed E-state index contributed by atoms with van der Waals surface area (Å²) < 4.78 is 124. The topological polar surface area (TPSA) is 87.7 Å². The molecule has 0 spiro atoms. The Kier molecular flexibility index (Phi) is 6.70. The summed E-state index contributed by atoms with van der Waals surface area (Å²) in [6.45, 7) is -3.19. The van der Waals surface area contributed by atoms with Crippen LogP contribution in [0.2, 0.25) is 0 Å². The number of phenolic OH excluding ortho intramolecular Hbond substituents is 1. The highest BCUT2D eigenvalue weighted by Crippen LogP contribution is 2.27. The summed E-state index contributed by atoms with van der Waals surface area (Å²) in [5.74, 6) is -0.100. The zero-order valence-corrected chi connectivity index (χ0v) is 22.9. The normalized spacial score (nSPS) is 23.6. The number of alkyl halides is 3. The second-order valence-electron chi connectivity index (χ2n) is 6.74. The van der Waals surface area contributed by atoms with Crippen LogP contribution in [0, 0.1) is 0 Å². The molecule has 0 aromatic heterocycles. The summed E-state index contributed by atoms with van der Waals surface area (Å²) >= 11 is 7.14. The highest BCUT2D eigenvalue weighted by atomic mass is 79.9. The smallest absolute Gasteiger partial charge is 0.224 e. The number of carbonyl (C=O) groups is 2. The van der Waals surface area contributed by atoms with Gasteiger partial charge in [-0.25, -0.2) is 0 Å². The summed E-state index contributed by atoms with van der Waals surface area (Å²) in [7, 11) is 0. The van der Waals surface area contributed by atoms with Gasteiger partial charge in [0.1, 0.15) is 11.5 Å². The average Bonchev–Trinajstić information content (AvgIpc) is 2.95. The number of ether oxygens (including phenoxy) is 1. The van der Waals surface area contributed by atoms with Gasteiger partial charge in [-0.15, -0.1) is 0 Å². The monoisotopic (exact) mass is 690 g/mol. The Bertz CT molecular complexity index is 1570. The van der Waals surface area contributed by atoms with Crippen LogP contribution in [-0.2, 0) is 22.4 Å². The second-order valence-corrected chi connectivity index (χ2v) is 7.93. The van der Waals surface area contributed by atoms with Crippen LogP contribution < -0.4 is 15.4 Å². The van der Waals surface area contributed by atoms with Gasteiger partial charge in [0.05, 0.1) is 9.30 Å². The number of phenols is 1. The number of rotatable bonds is 8. The summed E-state index contributed by atoms with van der Waals surface area (Å²) in [4.78, 5) is 22.4. The standard InChI is InChI=1S/C13H16BrNO2.C9H9NO2.C4H8Br2/c14-7-1-2-8-17-11-5-3-10-4-6-13(16)15-12(10)9-11;11-7-3-1-6-2-4-9(12)10-8(6)5-7;5-3-1-2-4-6/h3,5,9H,1-2,4,6-8H2,(H,15,16);1,3,5,11H,2,4H2,(H,10,12);1-4H2/i1D2,2D2,7D2,8D2;;1D2,2D2,3D2,4D2. The molecule has 0 radical (unpaired) electrons. The van der Waals surface area contributed by atoms with E-state index in [1.165, 1.54) is 12.1 Å². The molecule has 9 heteroatoms. The number of fused-ring (bicyclic) bond motifs is 2. The molecule has 0 saturated carbocycles. The second kappa shape index (κ2) is 17.0. The van der Waals surface area contributed by atoms with Gasteiger partial charge in [0.25, 0.3) is 0 Å². The van der Waals surface area contributed by atoms with Gasteiger partial charge < -0.3 is 20.5 Å². The molecule has 0 fully saturated rings. The Balaban J connectivity index is 0.000000292. The molecular formula is C26H33Br3N2O4. The number of nitrogens with one attached hydrogen (secondary N) is 2. The molecular weight excluding hydrogens is 644 g/mol. The van der Waals surface area contributed by atoms with Crippen molar-refractivity contribution >= 4 is 71.0 Å². The summed E-state index contributed by atoms with van der Waals surface area (Å²) in [6, 6.07) is 9.38. The minimum absolute atomic E-state index is 0.0214. The molecule has 0 atom stereocenters. The van der Waals surface area contributed by atoms with Crippen LogP contribution in [0.25, 0.3) is 0 Å². The van der Waals surface area contributed by atoms with Crippen molar-refractivity contribution in [2.24, 2.45) is 0 Å². The fourth-order valence-corrected chi connectivity index (χ4v) is 3.25. The van der Waals surface area contributed by atoms with E-state index in [2.05, 4.69) is 58.4 Å². The van der Waals surface area contributed by atoms with Crippen LogP contribution in [0.15, 0.2) is 36.4 Å². The van der Waals surface area contributed by atoms with Gasteiger partial charge in [0.15, 0.2) is 0 Å². The quantitative estimate of drug-likeness (QED) is 0.261. The lowest BCUT2D eigenvalue weighted by Gasteiger charge is -2.17. The molecule has 2 amide bonds. The Morgan fingerprint density at radius 1 is 0.771 bits per heavy atom. The predicted molar refractivity (Wildman–Crippen MR) is 154 cm³/mol. The number of aromatic hydroxyl groups is 1. The van der Waals surface area contributed by atoms with Crippen molar-refractivity contribution in [1.29, 1.82) is 0 Å². The van der Waals surface area contributed by atoms with E-state index in [1.54, 1.807) is 18.2 Å². The van der Waals surface area contributed by atoms with Crippen molar-refractivity contribution in [2.75, 3.05) is 33.0 Å². The van der Waals surface area contributed by atoms with Gasteiger partial charge in [-0.05, 0) is 61.6 Å². The van der Waals surface area contributed by atoms with E-state index < -0.39 is 47.9 Å². The first-order valence-corrected chi connectivity index (χ1v) is 12.4. The Morgan fingerprint density at radius 3 is 1.86 bits per heavy atom. The van der Waals surface area contributed by atoms with E-state index in [-0.39, 0.29) is 23.3 Å². The number of amides is 2. The maximum Gasteiger partial charge on any atom is 0.224 e. The third kappa shape index (κ3) is 11.3. The molecule has 0 unspecified atom stereocenters. The molecule has 6 nitrogen and oxygen atoms in total. The minimum Gasteiger partial charge on any atom is -0.508 e. The predicted octanol–water partition coefficient (Wildman–Crippen LogP) is 6.96. The molecule has 2 aliphatic heterocycles. The fourth-order valence-electron chi connectivity index (χ4n) is 2.95. The average molecular weight is 693 g/mol. The Morgan fingerprint density at radius 2 is 1.29 bits per heavy atom. The Labute approximate surface area is 255 Å². The first-order valence-electron chi connectivity index (χ1n) is 18.0.